The summed E-state index contributed by atoms with van der Waals surface area (Å²) in [6.45, 7) is 4.88. The van der Waals surface area contributed by atoms with Crippen LogP contribution >= 0.6 is 45.8 Å². The molecule has 0 unspecified atom stereocenters. The van der Waals surface area contributed by atoms with E-state index in [1.165, 1.54) is 92.0 Å². The maximum Gasteiger partial charge on any atom is 0.323 e. The molecule has 112 heavy (non-hydrogen) atoms. The number of carboxylic acid groups (broad SMARTS) is 2. The van der Waals surface area contributed by atoms with Crippen molar-refractivity contribution in [1.82, 2.24) is 30.1 Å². The highest BCUT2D eigenvalue weighted by atomic mass is 32.3. The number of carbonyl (C=O) groups is 8. The smallest absolute Gasteiger partial charge is 0.323 e. The van der Waals surface area contributed by atoms with E-state index in [2.05, 4.69) is 34.9 Å². The first-order valence-corrected chi connectivity index (χ1v) is 49.7. The summed E-state index contributed by atoms with van der Waals surface area (Å²) in [6, 6.07) is 21.7. The Morgan fingerprint density at radius 3 is 1.08 bits per heavy atom. The van der Waals surface area contributed by atoms with Crippen molar-refractivity contribution in [1.29, 1.82) is 0 Å². The number of thiophene rings is 3. The van der Waals surface area contributed by atoms with Gasteiger partial charge in [0.2, 0.25) is 30.1 Å². The van der Waals surface area contributed by atoms with Crippen molar-refractivity contribution < 1.29 is 136 Å². The number of ether oxygens (including phenoxy) is 2. The molecule has 0 aliphatic carbocycles. The first-order valence-electron chi connectivity index (χ1n) is 32.3. The number of nitrogens with one attached hydrogen (secondary N) is 6. The molecule has 6 rings (SSSR count). The second kappa shape index (κ2) is 46.7. The van der Waals surface area contributed by atoms with Crippen molar-refractivity contribution in [2.24, 2.45) is 0 Å². The number of benzene rings is 3. The second-order valence-corrected chi connectivity index (χ2v) is 44.0. The van der Waals surface area contributed by atoms with Crippen LogP contribution in [0.5, 0.6) is 0 Å². The number of hydrogen-bond donors (Lipinski definition) is 10. The number of carbonyl (C=O) groups excluding carboxylic acids is 6. The van der Waals surface area contributed by atoms with Gasteiger partial charge in [0, 0.05) is 51.1 Å². The lowest BCUT2D eigenvalue weighted by Crippen LogP contribution is -2.40. The first-order chi connectivity index (χ1) is 52.0. The van der Waals surface area contributed by atoms with E-state index in [-0.39, 0.29) is 111 Å². The minimum Gasteiger partial charge on any atom is -0.481 e. The zero-order valence-electron chi connectivity index (χ0n) is 61.1. The third kappa shape index (κ3) is 36.7. The molecule has 0 aliphatic heterocycles. The Balaban J connectivity index is 0.000000550. The molecule has 6 aromatic rings. The van der Waals surface area contributed by atoms with Gasteiger partial charge in [-0.1, -0.05) is 50.2 Å². The van der Waals surface area contributed by atoms with Gasteiger partial charge in [-0.3, -0.25) is 44.1 Å². The van der Waals surface area contributed by atoms with E-state index in [1.807, 2.05) is 10.8 Å². The predicted molar refractivity (Wildman–Crippen MR) is 417 cm³/mol. The summed E-state index contributed by atoms with van der Waals surface area (Å²) in [4.78, 5) is 90.8. The average Bonchev–Trinajstić information content (AvgIpc) is 1.42. The predicted octanol–water partition coefficient (Wildman–Crippen LogP) is 3.87. The first kappa shape index (κ1) is 101. The monoisotopic (exact) mass is 1800 g/mol. The van der Waals surface area contributed by atoms with Crippen molar-refractivity contribution in [3.8, 4) is 0 Å². The molecule has 36 nitrogen and oxygen atoms in total. The standard InChI is InChI=1S/C21H28N2O9S4.C21H28N2O7S4.C20H24N2O10S4.C2H4O2.H2O2/c1-4-17(21(25)32-2)23-36(30,31)16-8-5-7-15(13-16)14-35(28,29)12-6-11-22-20(24)18-9-10-19(33-18)34(3,26)27;1-4-17(21(25)30-2)23-34(28,29)16-8-5-7-15(13-16)14-31-12-6-11-22-20(24)18-9-10-19(32-18)33(3,26)27;1-34(27,28)19-7-6-17(33-19)20(26)21-8-3-9-35(29,30)13-14-4-2-5-16(10-14)36(31,32)22-15(12-23)11-18(24)25;1-2(3)4;1-2/h5,7-10,13,17,23H,4,6,11-12,14H2,1-3H3,(H,22,24);5,7-10,13,17,23H,4,6,11-12,14H2,1-3H3,(H,22,24);2,4-7,10,12,15,22H,3,8-9,11,13H2,1H3,(H,21,26)(H,24,25);1H3,(H,3,4);1-2H/t2*17-;15-;;/m000../s1. The fraction of sp³-hybridized carbons (Fsp3) is 0.406. The Labute approximate surface area is 666 Å². The minimum atomic E-state index is -4.28. The summed E-state index contributed by atoms with van der Waals surface area (Å²) in [5.41, 5.74) is 1.23. The van der Waals surface area contributed by atoms with Crippen molar-refractivity contribution in [3.05, 3.63) is 141 Å². The number of methoxy groups -OCH3 is 2. The normalized spacial score (nSPS) is 12.6. The number of carboxylic acids is 2. The molecule has 3 aromatic heterocycles. The number of hydrogen-bond acceptors (Lipinski definition) is 32. The largest absolute Gasteiger partial charge is 0.481 e. The highest BCUT2D eigenvalue weighted by Crippen LogP contribution is 2.26. The molecule has 10 N–H and O–H groups in total. The number of amides is 3. The van der Waals surface area contributed by atoms with Crippen LogP contribution in [0.3, 0.4) is 0 Å². The summed E-state index contributed by atoms with van der Waals surface area (Å²) in [5, 5.41) is 36.0. The van der Waals surface area contributed by atoms with Gasteiger partial charge in [0.25, 0.3) is 23.7 Å². The molecule has 0 spiro atoms. The van der Waals surface area contributed by atoms with Gasteiger partial charge in [0.05, 0.1) is 79.0 Å². The zero-order valence-corrected chi connectivity index (χ0v) is 70.9. The summed E-state index contributed by atoms with van der Waals surface area (Å²) >= 11 is 4.16. The number of aliphatic carboxylic acids is 2. The van der Waals surface area contributed by atoms with Gasteiger partial charge in [-0.15, -0.1) is 34.0 Å². The topological polar surface area (TPSA) is 581 Å². The van der Waals surface area contributed by atoms with Gasteiger partial charge in [0.15, 0.2) is 49.2 Å². The Morgan fingerprint density at radius 1 is 0.473 bits per heavy atom. The van der Waals surface area contributed by atoms with Crippen LogP contribution in [0.25, 0.3) is 0 Å². The lowest BCUT2D eigenvalue weighted by Gasteiger charge is -2.15. The quantitative estimate of drug-likeness (QED) is 0.00858. The number of sulfone groups is 5. The maximum atomic E-state index is 12.6. The lowest BCUT2D eigenvalue weighted by molar-refractivity contribution is -0.176. The molecular weight excluding hydrogens is 1720 g/mol. The maximum absolute atomic E-state index is 12.6. The summed E-state index contributed by atoms with van der Waals surface area (Å²) in [7, 11) is -27.4. The number of sulfonamides is 3. The molecule has 0 aliphatic rings. The molecule has 0 bridgehead atoms. The van der Waals surface area contributed by atoms with Crippen LogP contribution in [0, 0.1) is 0 Å². The Bertz CT molecular complexity index is 5180. The van der Waals surface area contributed by atoms with Gasteiger partial charge in [-0.2, -0.15) is 21.2 Å². The van der Waals surface area contributed by atoms with Crippen molar-refractivity contribution in [2.75, 3.05) is 69.9 Å². The van der Waals surface area contributed by atoms with Crippen LogP contribution in [0.1, 0.15) is 105 Å². The van der Waals surface area contributed by atoms with E-state index in [1.54, 1.807) is 37.7 Å². The van der Waals surface area contributed by atoms with E-state index in [4.69, 9.17) is 25.5 Å². The van der Waals surface area contributed by atoms with Gasteiger partial charge in [-0.25, -0.2) is 72.1 Å². The Hall–Kier alpha value is -7.53. The molecule has 3 aromatic carbocycles. The molecule has 3 amide bonds. The SMILES string of the molecule is CC(=O)O.CC[C@H](NS(=O)(=O)c1cccc(CS(=O)(=O)CCCNC(=O)c2ccc(S(C)(=O)=O)s2)c1)C(=O)OC.CC[C@H](NS(=O)(=O)c1cccc(CSCCCNC(=O)c2ccc(S(C)(=O)=O)s2)c1)C(=O)OC.CS(=O)(=O)c1ccc(C(=O)NCCCS(=O)(=O)Cc2cccc(S(=O)(=O)N[C@H](C=O)CC(=O)O)c2)s1.OO. The lowest BCUT2D eigenvalue weighted by atomic mass is 10.2. The number of aldehydes is 1. The summed E-state index contributed by atoms with van der Waals surface area (Å²) in [6.07, 6.45) is 3.86. The fourth-order valence-electron chi connectivity index (χ4n) is 8.76. The fourth-order valence-corrected chi connectivity index (χ4v) is 21.9. The minimum absolute atomic E-state index is 0.0131. The van der Waals surface area contributed by atoms with Crippen LogP contribution in [0.2, 0.25) is 0 Å². The molecule has 0 saturated heterocycles. The van der Waals surface area contributed by atoms with Crippen LogP contribution in [0.15, 0.2) is 137 Å². The molecule has 0 fully saturated rings. The molecule has 48 heteroatoms. The van der Waals surface area contributed by atoms with Crippen LogP contribution in [0.4, 0.5) is 0 Å². The van der Waals surface area contributed by atoms with Crippen molar-refractivity contribution in [3.63, 3.8) is 0 Å². The molecular formula is C64H86N6O30S12. The van der Waals surface area contributed by atoms with Gasteiger partial charge in [-0.05, 0) is 127 Å². The van der Waals surface area contributed by atoms with E-state index in [0.29, 0.717) is 23.6 Å². The summed E-state index contributed by atoms with van der Waals surface area (Å²) in [5.74, 6) is -5.10. The molecule has 3 atom stereocenters. The molecule has 624 valence electrons. The molecule has 0 saturated carbocycles. The zero-order chi connectivity index (χ0) is 85.2. The van der Waals surface area contributed by atoms with Crippen LogP contribution in [-0.4, -0.2) is 224 Å². The van der Waals surface area contributed by atoms with E-state index in [0.717, 1.165) is 84.2 Å². The average molecular weight is 1800 g/mol. The Kier molecular flexibility index (Phi) is 42.0. The number of esters is 2. The second-order valence-electron chi connectivity index (χ2n) is 23.4. The van der Waals surface area contributed by atoms with Crippen molar-refractivity contribution in [2.45, 2.75) is 122 Å². The summed E-state index contributed by atoms with van der Waals surface area (Å²) < 4.78 is 211. The molecule has 0 radical (unpaired) electrons. The van der Waals surface area contributed by atoms with Crippen LogP contribution < -0.4 is 30.1 Å². The van der Waals surface area contributed by atoms with Gasteiger partial charge in [0.1, 0.15) is 31.0 Å². The van der Waals surface area contributed by atoms with E-state index < -0.39 is 151 Å². The highest BCUT2D eigenvalue weighted by Gasteiger charge is 2.29. The van der Waals surface area contributed by atoms with Gasteiger partial charge < -0.3 is 40.4 Å². The third-order valence-electron chi connectivity index (χ3n) is 14.0. The van der Waals surface area contributed by atoms with E-state index in [9.17, 15) is 101 Å². The number of rotatable bonds is 40. The van der Waals surface area contributed by atoms with Crippen molar-refractivity contribution >= 4 is 173 Å². The Morgan fingerprint density at radius 2 is 0.786 bits per heavy atom. The number of thioether (sulfide) groups is 1. The molecule has 3 heterocycles. The highest BCUT2D eigenvalue weighted by molar-refractivity contribution is 7.98. The van der Waals surface area contributed by atoms with E-state index >= 15 is 0 Å². The van der Waals surface area contributed by atoms with Gasteiger partial charge >= 0.3 is 17.9 Å². The van der Waals surface area contributed by atoms with Crippen LogP contribution in [-0.2, 0) is 130 Å². The third-order valence-corrected chi connectivity index (χ3v) is 31.6.